The number of aromatic nitrogens is 3. The van der Waals surface area contributed by atoms with Gasteiger partial charge in [0.1, 0.15) is 16.6 Å². The standard InChI is InChI=1S/C8H5N3S2/c1-4-2-5-3-12-9-7(5)8-6(4)10-13-11-8/h2-3H,1H3. The van der Waals surface area contributed by atoms with Crippen LogP contribution >= 0.6 is 23.3 Å². The van der Waals surface area contributed by atoms with Crippen molar-refractivity contribution in [2.24, 2.45) is 0 Å². The van der Waals surface area contributed by atoms with E-state index >= 15 is 0 Å². The summed E-state index contributed by atoms with van der Waals surface area (Å²) < 4.78 is 12.8. The van der Waals surface area contributed by atoms with Crippen LogP contribution in [0.5, 0.6) is 0 Å². The molecular weight excluding hydrogens is 202 g/mol. The first-order chi connectivity index (χ1) is 6.36. The van der Waals surface area contributed by atoms with E-state index in [1.165, 1.54) is 34.2 Å². The van der Waals surface area contributed by atoms with E-state index in [0.29, 0.717) is 0 Å². The topological polar surface area (TPSA) is 38.7 Å². The molecule has 0 aliphatic heterocycles. The minimum Gasteiger partial charge on any atom is -0.190 e. The molecule has 64 valence electrons. The van der Waals surface area contributed by atoms with Crippen LogP contribution in [0.1, 0.15) is 5.56 Å². The predicted molar refractivity (Wildman–Crippen MR) is 55.3 cm³/mol. The third-order valence-electron chi connectivity index (χ3n) is 2.06. The van der Waals surface area contributed by atoms with E-state index in [0.717, 1.165) is 16.6 Å². The Morgan fingerprint density at radius 1 is 1.08 bits per heavy atom. The van der Waals surface area contributed by atoms with Gasteiger partial charge in [0.15, 0.2) is 0 Å². The number of hydrogen-bond donors (Lipinski definition) is 0. The maximum atomic E-state index is 4.31. The second-order valence-electron chi connectivity index (χ2n) is 2.91. The molecular formula is C8H5N3S2. The van der Waals surface area contributed by atoms with Crippen LogP contribution in [0, 0.1) is 6.92 Å². The van der Waals surface area contributed by atoms with Gasteiger partial charge in [-0.2, -0.15) is 13.1 Å². The van der Waals surface area contributed by atoms with Crippen molar-refractivity contribution >= 4 is 45.2 Å². The molecule has 0 aliphatic rings. The molecule has 0 spiro atoms. The van der Waals surface area contributed by atoms with E-state index in [1.807, 2.05) is 5.38 Å². The van der Waals surface area contributed by atoms with Crippen LogP contribution in [-0.2, 0) is 0 Å². The van der Waals surface area contributed by atoms with Crippen LogP contribution in [0.4, 0.5) is 0 Å². The molecule has 5 heteroatoms. The molecule has 3 nitrogen and oxygen atoms in total. The number of benzene rings is 1. The molecule has 3 rings (SSSR count). The van der Waals surface area contributed by atoms with Gasteiger partial charge in [-0.05, 0) is 30.1 Å². The Kier molecular flexibility index (Phi) is 1.39. The van der Waals surface area contributed by atoms with Crippen LogP contribution in [-0.4, -0.2) is 13.1 Å². The maximum Gasteiger partial charge on any atom is 0.132 e. The molecule has 3 aromatic rings. The third-order valence-corrected chi connectivity index (χ3v) is 3.23. The second-order valence-corrected chi connectivity index (χ2v) is 4.06. The fraction of sp³-hybridized carbons (Fsp3) is 0.125. The summed E-state index contributed by atoms with van der Waals surface area (Å²) in [7, 11) is 0. The molecule has 0 radical (unpaired) electrons. The van der Waals surface area contributed by atoms with Crippen molar-refractivity contribution < 1.29 is 0 Å². The summed E-state index contributed by atoms with van der Waals surface area (Å²) in [4.78, 5) is 0. The average molecular weight is 207 g/mol. The molecule has 13 heavy (non-hydrogen) atoms. The Morgan fingerprint density at radius 3 is 2.85 bits per heavy atom. The van der Waals surface area contributed by atoms with Gasteiger partial charge >= 0.3 is 0 Å². The molecule has 0 saturated heterocycles. The largest absolute Gasteiger partial charge is 0.190 e. The van der Waals surface area contributed by atoms with Crippen LogP contribution in [0.3, 0.4) is 0 Å². The van der Waals surface area contributed by atoms with Gasteiger partial charge in [0.2, 0.25) is 0 Å². The summed E-state index contributed by atoms with van der Waals surface area (Å²) in [6.45, 7) is 2.06. The monoisotopic (exact) mass is 207 g/mol. The fourth-order valence-electron chi connectivity index (χ4n) is 1.43. The Morgan fingerprint density at radius 2 is 1.92 bits per heavy atom. The molecule has 0 aliphatic carbocycles. The number of hydrogen-bond acceptors (Lipinski definition) is 5. The van der Waals surface area contributed by atoms with Crippen molar-refractivity contribution in [3.63, 3.8) is 0 Å². The van der Waals surface area contributed by atoms with E-state index in [1.54, 1.807) is 0 Å². The first-order valence-corrected chi connectivity index (χ1v) is 5.39. The van der Waals surface area contributed by atoms with Crippen molar-refractivity contribution in [1.82, 2.24) is 13.1 Å². The third kappa shape index (κ3) is 0.911. The van der Waals surface area contributed by atoms with Gasteiger partial charge in [0.25, 0.3) is 0 Å². The summed E-state index contributed by atoms with van der Waals surface area (Å²) in [5.74, 6) is 0. The van der Waals surface area contributed by atoms with Gasteiger partial charge in [0.05, 0.1) is 11.7 Å². The lowest BCUT2D eigenvalue weighted by Crippen LogP contribution is -1.78. The highest BCUT2D eigenvalue weighted by atomic mass is 32.1. The number of aryl methyl sites for hydroxylation is 1. The number of fused-ring (bicyclic) bond motifs is 3. The summed E-state index contributed by atoms with van der Waals surface area (Å²) in [6, 6.07) is 2.11. The molecule has 0 unspecified atom stereocenters. The minimum atomic E-state index is 0.946. The van der Waals surface area contributed by atoms with Crippen LogP contribution in [0.15, 0.2) is 11.4 Å². The van der Waals surface area contributed by atoms with E-state index in [-0.39, 0.29) is 0 Å². The Hall–Kier alpha value is -1.07. The van der Waals surface area contributed by atoms with Crippen molar-refractivity contribution in [1.29, 1.82) is 0 Å². The molecule has 0 N–H and O–H groups in total. The highest BCUT2D eigenvalue weighted by Gasteiger charge is 2.09. The molecule has 0 atom stereocenters. The molecule has 2 heterocycles. The SMILES string of the molecule is Cc1cc2csnc2c2nsnc12. The zero-order chi connectivity index (χ0) is 8.84. The van der Waals surface area contributed by atoms with Gasteiger partial charge in [-0.25, -0.2) is 0 Å². The smallest absolute Gasteiger partial charge is 0.132 e. The molecule has 1 aromatic carbocycles. The van der Waals surface area contributed by atoms with E-state index < -0.39 is 0 Å². The summed E-state index contributed by atoms with van der Waals surface area (Å²) in [5.41, 5.74) is 4.10. The van der Waals surface area contributed by atoms with E-state index in [9.17, 15) is 0 Å². The second kappa shape index (κ2) is 2.46. The van der Waals surface area contributed by atoms with Crippen LogP contribution in [0.25, 0.3) is 21.9 Å². The lowest BCUT2D eigenvalue weighted by atomic mass is 10.1. The Bertz CT molecular complexity index is 581. The average Bonchev–Trinajstić information content (AvgIpc) is 2.66. The molecule has 0 saturated carbocycles. The van der Waals surface area contributed by atoms with Crippen molar-refractivity contribution in [3.05, 3.63) is 17.0 Å². The van der Waals surface area contributed by atoms with E-state index in [4.69, 9.17) is 0 Å². The van der Waals surface area contributed by atoms with Gasteiger partial charge in [-0.1, -0.05) is 0 Å². The van der Waals surface area contributed by atoms with Crippen molar-refractivity contribution in [2.75, 3.05) is 0 Å². The summed E-state index contributed by atoms with van der Waals surface area (Å²) in [5, 5.41) is 3.21. The predicted octanol–water partition coefficient (Wildman–Crippen LogP) is 2.61. The van der Waals surface area contributed by atoms with Crippen LogP contribution < -0.4 is 0 Å². The zero-order valence-corrected chi connectivity index (χ0v) is 8.45. The molecule has 0 fully saturated rings. The Balaban J connectivity index is 2.70. The fourth-order valence-corrected chi connectivity index (χ4v) is 2.68. The van der Waals surface area contributed by atoms with Gasteiger partial charge < -0.3 is 0 Å². The van der Waals surface area contributed by atoms with Crippen molar-refractivity contribution in [2.45, 2.75) is 6.92 Å². The minimum absolute atomic E-state index is 0.946. The lowest BCUT2D eigenvalue weighted by molar-refractivity contribution is 1.50. The highest BCUT2D eigenvalue weighted by molar-refractivity contribution is 7.05. The van der Waals surface area contributed by atoms with Gasteiger partial charge in [0, 0.05) is 10.8 Å². The highest BCUT2D eigenvalue weighted by Crippen LogP contribution is 2.26. The summed E-state index contributed by atoms with van der Waals surface area (Å²) in [6.07, 6.45) is 0. The van der Waals surface area contributed by atoms with Crippen molar-refractivity contribution in [3.8, 4) is 0 Å². The quantitative estimate of drug-likeness (QED) is 0.568. The number of rotatable bonds is 0. The Labute approximate surface area is 82.5 Å². The maximum absolute atomic E-state index is 4.31. The lowest BCUT2D eigenvalue weighted by Gasteiger charge is -1.93. The normalized spacial score (nSPS) is 11.5. The first kappa shape index (κ1) is 7.34. The first-order valence-electron chi connectivity index (χ1n) is 3.82. The van der Waals surface area contributed by atoms with Crippen LogP contribution in [0.2, 0.25) is 0 Å². The summed E-state index contributed by atoms with van der Waals surface area (Å²) >= 11 is 2.72. The zero-order valence-electron chi connectivity index (χ0n) is 6.81. The molecule has 2 aromatic heterocycles. The van der Waals surface area contributed by atoms with E-state index in [2.05, 4.69) is 26.1 Å². The molecule has 0 amide bonds. The number of nitrogens with zero attached hydrogens (tertiary/aromatic N) is 3. The molecule has 0 bridgehead atoms. The van der Waals surface area contributed by atoms with Gasteiger partial charge in [-0.15, -0.1) is 0 Å². The van der Waals surface area contributed by atoms with Gasteiger partial charge in [-0.3, -0.25) is 0 Å².